The molecule has 170 valence electrons. The molecule has 29 heavy (non-hydrogen) atoms. The molecule has 0 saturated carbocycles. The van der Waals surface area contributed by atoms with Gasteiger partial charge in [0.1, 0.15) is 6.61 Å². The third-order valence-corrected chi connectivity index (χ3v) is 5.36. The van der Waals surface area contributed by atoms with Crippen molar-refractivity contribution >= 4 is 13.6 Å². The van der Waals surface area contributed by atoms with E-state index in [1.165, 1.54) is 25.7 Å². The van der Waals surface area contributed by atoms with Crippen LogP contribution < -0.4 is 0 Å². The summed E-state index contributed by atoms with van der Waals surface area (Å²) in [6, 6.07) is 0. The fraction of sp³-hybridized carbons (Fsp3) is 0.773. The average molecular weight is 433 g/mol. The van der Waals surface area contributed by atoms with Gasteiger partial charge in [-0.15, -0.1) is 0 Å². The summed E-state index contributed by atoms with van der Waals surface area (Å²) >= 11 is 0. The summed E-state index contributed by atoms with van der Waals surface area (Å²) in [7, 11) is -4.12. The Balaban J connectivity index is 3.44. The lowest BCUT2D eigenvalue weighted by molar-refractivity contribution is -0.146. The topological polar surface area (TPSA) is 104 Å². The quantitative estimate of drug-likeness (QED) is 0.111. The molecule has 1 atom stereocenters. The maximum atomic E-state index is 11.6. The van der Waals surface area contributed by atoms with Gasteiger partial charge in [0, 0.05) is 6.42 Å². The zero-order valence-electron chi connectivity index (χ0n) is 18.0. The molecule has 6 nitrogen and oxygen atoms in total. The van der Waals surface area contributed by atoms with Gasteiger partial charge in [-0.2, -0.15) is 0 Å². The second kappa shape index (κ2) is 19.0. The fourth-order valence-corrected chi connectivity index (χ4v) is 3.38. The molecule has 0 aliphatic carbocycles. The third-order valence-electron chi connectivity index (χ3n) is 4.52. The summed E-state index contributed by atoms with van der Waals surface area (Å²) in [6.07, 6.45) is 20.1. The van der Waals surface area contributed by atoms with Crippen molar-refractivity contribution in [2.45, 2.75) is 96.5 Å². The van der Waals surface area contributed by atoms with Crippen molar-refractivity contribution in [2.75, 3.05) is 12.8 Å². The average Bonchev–Trinajstić information content (AvgIpc) is 2.67. The van der Waals surface area contributed by atoms with Gasteiger partial charge in [-0.05, 0) is 44.9 Å². The summed E-state index contributed by atoms with van der Waals surface area (Å²) in [5, 5.41) is 9.54. The molecule has 0 amide bonds. The first-order valence-corrected chi connectivity index (χ1v) is 12.8. The number of carbonyl (C=O) groups is 1. The molecule has 0 aromatic rings. The smallest absolute Gasteiger partial charge is 0.325 e. The van der Waals surface area contributed by atoms with Crippen LogP contribution in [-0.2, 0) is 14.1 Å². The molecule has 0 saturated heterocycles. The van der Waals surface area contributed by atoms with Gasteiger partial charge >= 0.3 is 13.6 Å². The van der Waals surface area contributed by atoms with Crippen molar-refractivity contribution in [1.82, 2.24) is 0 Å². The number of aliphatic hydroxyl groups excluding tert-OH is 1. The first-order valence-electron chi connectivity index (χ1n) is 11.0. The summed E-state index contributed by atoms with van der Waals surface area (Å²) in [4.78, 5) is 29.0. The van der Waals surface area contributed by atoms with E-state index in [2.05, 4.69) is 31.2 Å². The Kier molecular flexibility index (Phi) is 18.4. The van der Waals surface area contributed by atoms with E-state index in [0.717, 1.165) is 44.9 Å². The van der Waals surface area contributed by atoms with Crippen LogP contribution in [0, 0.1) is 0 Å². The molecule has 3 N–H and O–H groups in total. The first-order chi connectivity index (χ1) is 13.8. The highest BCUT2D eigenvalue weighted by Crippen LogP contribution is 2.35. The number of ether oxygens (including phenoxy) is 1. The number of esters is 1. The maximum absolute atomic E-state index is 11.6. The van der Waals surface area contributed by atoms with E-state index in [1.807, 2.05) is 0 Å². The van der Waals surface area contributed by atoms with E-state index in [-0.39, 0.29) is 19.0 Å². The number of hydrogen-bond donors (Lipinski definition) is 3. The minimum absolute atomic E-state index is 0.0821. The van der Waals surface area contributed by atoms with E-state index in [4.69, 9.17) is 14.5 Å². The molecule has 0 radical (unpaired) electrons. The van der Waals surface area contributed by atoms with Gasteiger partial charge in [0.05, 0.1) is 12.3 Å². The molecule has 0 rings (SSSR count). The Hall–Kier alpha value is -0.940. The van der Waals surface area contributed by atoms with Crippen molar-refractivity contribution in [3.8, 4) is 0 Å². The van der Waals surface area contributed by atoms with Crippen LogP contribution in [0.15, 0.2) is 24.3 Å². The first kappa shape index (κ1) is 28.1. The highest BCUT2D eigenvalue weighted by atomic mass is 31.2. The van der Waals surface area contributed by atoms with Gasteiger partial charge < -0.3 is 19.6 Å². The Morgan fingerprint density at radius 1 is 0.931 bits per heavy atom. The van der Waals surface area contributed by atoms with E-state index in [1.54, 1.807) is 0 Å². The zero-order chi connectivity index (χ0) is 21.8. The minimum atomic E-state index is -4.12. The number of aliphatic hydroxyl groups is 1. The lowest BCUT2D eigenvalue weighted by Crippen LogP contribution is -2.19. The number of allylic oxidation sites excluding steroid dienone is 4. The van der Waals surface area contributed by atoms with E-state index in [0.29, 0.717) is 6.42 Å². The summed E-state index contributed by atoms with van der Waals surface area (Å²) in [6.45, 7) is 2.01. The largest absolute Gasteiger partial charge is 0.463 e. The molecule has 0 bridgehead atoms. The second-order valence-electron chi connectivity index (χ2n) is 7.49. The molecule has 0 aliphatic heterocycles. The minimum Gasteiger partial charge on any atom is -0.463 e. The number of unbranched alkanes of at least 4 members (excludes halogenated alkanes) is 8. The predicted molar refractivity (Wildman–Crippen MR) is 118 cm³/mol. The Labute approximate surface area is 176 Å². The van der Waals surface area contributed by atoms with Crippen molar-refractivity contribution in [2.24, 2.45) is 0 Å². The number of rotatable bonds is 19. The van der Waals surface area contributed by atoms with Crippen molar-refractivity contribution in [3.63, 3.8) is 0 Å². The Morgan fingerprint density at radius 2 is 1.52 bits per heavy atom. The van der Waals surface area contributed by atoms with Gasteiger partial charge in [-0.3, -0.25) is 9.36 Å². The molecule has 0 aromatic carbocycles. The molecule has 0 aromatic heterocycles. The van der Waals surface area contributed by atoms with Crippen LogP contribution in [0.25, 0.3) is 0 Å². The number of hydrogen-bond acceptors (Lipinski definition) is 4. The molecule has 0 aliphatic rings. The SMILES string of the molecule is CCCCC/C=C\C/C=C\CCCCCCCC(=O)OC[C@@H](O)CCP(=O)(O)O. The van der Waals surface area contributed by atoms with Gasteiger partial charge in [-0.25, -0.2) is 0 Å². The van der Waals surface area contributed by atoms with E-state index in [9.17, 15) is 14.5 Å². The van der Waals surface area contributed by atoms with Crippen molar-refractivity contribution in [1.29, 1.82) is 0 Å². The van der Waals surface area contributed by atoms with E-state index < -0.39 is 19.9 Å². The van der Waals surface area contributed by atoms with Crippen LogP contribution in [0.3, 0.4) is 0 Å². The van der Waals surface area contributed by atoms with Gasteiger partial charge in [0.2, 0.25) is 0 Å². The highest BCUT2D eigenvalue weighted by molar-refractivity contribution is 7.51. The molecule has 0 spiro atoms. The fourth-order valence-electron chi connectivity index (χ4n) is 2.74. The molecule has 0 heterocycles. The summed E-state index contributed by atoms with van der Waals surface area (Å²) in [5.74, 6) is -0.370. The number of carbonyl (C=O) groups excluding carboxylic acids is 1. The summed E-state index contributed by atoms with van der Waals surface area (Å²) < 4.78 is 15.6. The molecular weight excluding hydrogens is 391 g/mol. The van der Waals surface area contributed by atoms with Crippen molar-refractivity contribution < 1.29 is 29.0 Å². The van der Waals surface area contributed by atoms with Crippen LogP contribution >= 0.6 is 7.60 Å². The Bertz CT molecular complexity index is 498. The second-order valence-corrected chi connectivity index (χ2v) is 9.27. The molecule has 0 unspecified atom stereocenters. The van der Waals surface area contributed by atoms with Crippen molar-refractivity contribution in [3.05, 3.63) is 24.3 Å². The zero-order valence-corrected chi connectivity index (χ0v) is 18.9. The monoisotopic (exact) mass is 432 g/mol. The molecular formula is C22H41O6P. The van der Waals surface area contributed by atoms with Crippen LogP contribution in [0.4, 0.5) is 0 Å². The van der Waals surface area contributed by atoms with Gasteiger partial charge in [0.15, 0.2) is 0 Å². The van der Waals surface area contributed by atoms with Crippen LogP contribution in [-0.4, -0.2) is 39.7 Å². The lowest BCUT2D eigenvalue weighted by atomic mass is 10.1. The third kappa shape index (κ3) is 23.2. The highest BCUT2D eigenvalue weighted by Gasteiger charge is 2.17. The standard InChI is InChI=1S/C22H41O6P/c1-2-3-4-5-6-7-8-9-10-11-12-13-14-15-16-17-22(24)28-20-21(23)18-19-29(25,26)27/h6-7,9-10,21,23H,2-5,8,11-20H2,1H3,(H2,25,26,27)/b7-6-,10-9-/t21-/m0/s1. The van der Waals surface area contributed by atoms with Gasteiger partial charge in [-0.1, -0.05) is 63.3 Å². The normalized spacial score (nSPS) is 13.4. The summed E-state index contributed by atoms with van der Waals surface area (Å²) in [5.41, 5.74) is 0. The van der Waals surface area contributed by atoms with Crippen LogP contribution in [0.1, 0.15) is 90.4 Å². The van der Waals surface area contributed by atoms with Gasteiger partial charge in [0.25, 0.3) is 0 Å². The Morgan fingerprint density at radius 3 is 2.14 bits per heavy atom. The predicted octanol–water partition coefficient (Wildman–Crippen LogP) is 5.27. The van der Waals surface area contributed by atoms with E-state index >= 15 is 0 Å². The van der Waals surface area contributed by atoms with Crippen LogP contribution in [0.5, 0.6) is 0 Å². The maximum Gasteiger partial charge on any atom is 0.325 e. The van der Waals surface area contributed by atoms with Crippen LogP contribution in [0.2, 0.25) is 0 Å². The molecule has 0 fully saturated rings. The molecule has 7 heteroatoms. The lowest BCUT2D eigenvalue weighted by Gasteiger charge is -2.11.